The van der Waals surface area contributed by atoms with Crippen molar-refractivity contribution in [2.75, 3.05) is 39.3 Å². The number of carbonyl (C=O) groups excluding carboxylic acids is 2. The maximum Gasteiger partial charge on any atom is 1.00 e. The Balaban J connectivity index is -0.000000591. The molecule has 1 aromatic rings. The second-order valence-electron chi connectivity index (χ2n) is 5.78. The van der Waals surface area contributed by atoms with Crippen molar-refractivity contribution in [1.82, 2.24) is 9.80 Å². The van der Waals surface area contributed by atoms with Gasteiger partial charge in [0.05, 0.1) is 31.6 Å². The van der Waals surface area contributed by atoms with Crippen molar-refractivity contribution in [3.8, 4) is 5.75 Å². The molecule has 1 aromatic carbocycles. The summed E-state index contributed by atoms with van der Waals surface area (Å²) >= 11 is 0. The van der Waals surface area contributed by atoms with E-state index in [0.29, 0.717) is 0 Å². The van der Waals surface area contributed by atoms with E-state index in [1.165, 1.54) is 18.2 Å². The van der Waals surface area contributed by atoms with Crippen LogP contribution in [-0.4, -0.2) is 99.3 Å². The molecule has 0 bridgehead atoms. The molecule has 166 valence electrons. The molecule has 0 aliphatic rings. The minimum Gasteiger partial charge on any atom is -0.549 e. The van der Waals surface area contributed by atoms with Crippen LogP contribution in [0.3, 0.4) is 0 Å². The number of benzene rings is 1. The van der Waals surface area contributed by atoms with Gasteiger partial charge in [-0.1, -0.05) is 12.1 Å². The SMILES string of the molecule is O=C([O-])CN(CCN(CC(=O)O)CC(=O)O)CC(=O)O.O=C([O-])c1ccccc1O.[Na+].[Na+]. The zero-order valence-electron chi connectivity index (χ0n) is 17.6. The minimum atomic E-state index is -1.48. The smallest absolute Gasteiger partial charge is 0.549 e. The number of aliphatic carboxylic acids is 4. The van der Waals surface area contributed by atoms with Gasteiger partial charge in [-0.3, -0.25) is 24.2 Å². The summed E-state index contributed by atoms with van der Waals surface area (Å²) in [6.45, 7) is -2.50. The minimum absolute atomic E-state index is 0. The third-order valence-electron chi connectivity index (χ3n) is 3.29. The first kappa shape index (κ1) is 34.9. The van der Waals surface area contributed by atoms with Crippen LogP contribution in [0.1, 0.15) is 10.4 Å². The summed E-state index contributed by atoms with van der Waals surface area (Å²) in [6, 6.07) is 5.64. The second kappa shape index (κ2) is 18.8. The van der Waals surface area contributed by atoms with Crippen molar-refractivity contribution in [3.05, 3.63) is 29.8 Å². The van der Waals surface area contributed by atoms with Crippen LogP contribution in [0.5, 0.6) is 5.75 Å². The molecule has 1 rings (SSSR count). The van der Waals surface area contributed by atoms with Crippen LogP contribution in [0.2, 0.25) is 0 Å². The number of hydrogen-bond donors (Lipinski definition) is 4. The van der Waals surface area contributed by atoms with Crippen LogP contribution in [0.4, 0.5) is 0 Å². The molecule has 32 heavy (non-hydrogen) atoms. The predicted octanol–water partition coefficient (Wildman–Crippen LogP) is -9.64. The van der Waals surface area contributed by atoms with E-state index in [2.05, 4.69) is 0 Å². The van der Waals surface area contributed by atoms with Gasteiger partial charge in [-0.25, -0.2) is 0 Å². The van der Waals surface area contributed by atoms with Crippen LogP contribution >= 0.6 is 0 Å². The molecule has 0 heterocycles. The van der Waals surface area contributed by atoms with Gasteiger partial charge in [0.15, 0.2) is 0 Å². The van der Waals surface area contributed by atoms with Crippen molar-refractivity contribution in [2.45, 2.75) is 0 Å². The molecule has 0 saturated carbocycles. The molecule has 0 unspecified atom stereocenters. The standard InChI is InChI=1S/C10H16N2O8.C7H6O3.2Na/c13-7(14)3-11(4-8(15)16)1-2-12(5-9(17)18)6-10(19)20;8-6-4-2-1-3-5(6)7(9)10;;/h1-6H2,(H,13,14)(H,15,16)(H,17,18)(H,19,20);1-4,8H,(H,9,10);;/q;;2*+1/p-2. The Morgan fingerprint density at radius 1 is 0.719 bits per heavy atom. The fraction of sp³-hybridized carbons (Fsp3) is 0.353. The van der Waals surface area contributed by atoms with Gasteiger partial charge < -0.3 is 40.2 Å². The zero-order chi connectivity index (χ0) is 23.3. The van der Waals surface area contributed by atoms with Gasteiger partial charge in [0.25, 0.3) is 0 Å². The molecule has 4 N–H and O–H groups in total. The molecule has 0 fully saturated rings. The number of aromatic hydroxyl groups is 1. The summed E-state index contributed by atoms with van der Waals surface area (Å²) < 4.78 is 0. The van der Waals surface area contributed by atoms with Gasteiger partial charge >= 0.3 is 77.0 Å². The first-order valence-corrected chi connectivity index (χ1v) is 8.21. The summed E-state index contributed by atoms with van der Waals surface area (Å²) in [4.78, 5) is 54.3. The maximum absolute atomic E-state index is 10.5. The van der Waals surface area contributed by atoms with Crippen molar-refractivity contribution in [3.63, 3.8) is 0 Å². The molecule has 0 aliphatic heterocycles. The molecule has 0 radical (unpaired) electrons. The van der Waals surface area contributed by atoms with E-state index < -0.39 is 56.0 Å². The van der Waals surface area contributed by atoms with Crippen LogP contribution < -0.4 is 69.3 Å². The number of rotatable bonds is 12. The van der Waals surface area contributed by atoms with Crippen LogP contribution in [0.25, 0.3) is 0 Å². The quantitative estimate of drug-likeness (QED) is 0.207. The molecule has 0 saturated heterocycles. The van der Waals surface area contributed by atoms with E-state index in [-0.39, 0.29) is 83.5 Å². The first-order chi connectivity index (χ1) is 13.9. The van der Waals surface area contributed by atoms with Gasteiger partial charge in [0.2, 0.25) is 0 Å². The molecule has 0 aromatic heterocycles. The Bertz CT molecular complexity index is 709. The van der Waals surface area contributed by atoms with Gasteiger partial charge in [-0.05, 0) is 12.1 Å². The zero-order valence-corrected chi connectivity index (χ0v) is 21.6. The largest absolute Gasteiger partial charge is 1.00 e. The van der Waals surface area contributed by atoms with Crippen molar-refractivity contribution in [1.29, 1.82) is 0 Å². The summed E-state index contributed by atoms with van der Waals surface area (Å²) in [5, 5.41) is 55.3. The van der Waals surface area contributed by atoms with Crippen molar-refractivity contribution in [2.24, 2.45) is 0 Å². The molecule has 0 atom stereocenters. The number of para-hydroxylation sites is 1. The molecule has 0 aliphatic carbocycles. The van der Waals surface area contributed by atoms with E-state index in [0.717, 1.165) is 9.80 Å². The average Bonchev–Trinajstić information content (AvgIpc) is 2.58. The monoisotopic (exact) mass is 474 g/mol. The predicted molar refractivity (Wildman–Crippen MR) is 93.2 cm³/mol. The van der Waals surface area contributed by atoms with Crippen LogP contribution in [-0.2, 0) is 19.2 Å². The van der Waals surface area contributed by atoms with E-state index in [9.17, 15) is 34.2 Å². The molecule has 15 heteroatoms. The number of carboxylic acids is 5. The number of carbonyl (C=O) groups is 5. The van der Waals surface area contributed by atoms with Crippen molar-refractivity contribution >= 4 is 29.8 Å². The van der Waals surface area contributed by atoms with Gasteiger partial charge in [-0.2, -0.15) is 0 Å². The molecular formula is C17H20N2Na2O11. The van der Waals surface area contributed by atoms with Gasteiger partial charge in [0, 0.05) is 25.2 Å². The third-order valence-corrected chi connectivity index (χ3v) is 3.29. The van der Waals surface area contributed by atoms with Crippen LogP contribution in [0.15, 0.2) is 24.3 Å². The Kier molecular flexibility index (Phi) is 20.5. The fourth-order valence-electron chi connectivity index (χ4n) is 2.11. The van der Waals surface area contributed by atoms with Gasteiger partial charge in [0.1, 0.15) is 5.75 Å². The molecule has 0 amide bonds. The Morgan fingerprint density at radius 3 is 1.38 bits per heavy atom. The summed E-state index contributed by atoms with van der Waals surface area (Å²) in [5.74, 6) is -6.84. The Labute approximate surface area is 226 Å². The number of carboxylic acid groups (broad SMARTS) is 5. The summed E-state index contributed by atoms with van der Waals surface area (Å²) in [7, 11) is 0. The molecular weight excluding hydrogens is 454 g/mol. The maximum atomic E-state index is 10.5. The Morgan fingerprint density at radius 2 is 1.09 bits per heavy atom. The van der Waals surface area contributed by atoms with E-state index in [1.54, 1.807) is 6.07 Å². The summed E-state index contributed by atoms with van der Waals surface area (Å²) in [5.41, 5.74) is -0.178. The van der Waals surface area contributed by atoms with Gasteiger partial charge in [-0.15, -0.1) is 0 Å². The molecule has 13 nitrogen and oxygen atoms in total. The van der Waals surface area contributed by atoms with E-state index in [4.69, 9.17) is 20.4 Å². The number of hydrogen-bond acceptors (Lipinski definition) is 10. The van der Waals surface area contributed by atoms with E-state index >= 15 is 0 Å². The Hall–Kier alpha value is -1.71. The summed E-state index contributed by atoms with van der Waals surface area (Å²) in [6.07, 6.45) is 0. The van der Waals surface area contributed by atoms with Crippen LogP contribution in [0, 0.1) is 0 Å². The number of nitrogens with zero attached hydrogens (tertiary/aromatic N) is 2. The third kappa shape index (κ3) is 17.9. The molecule has 0 spiro atoms. The topological polar surface area (TPSA) is 219 Å². The second-order valence-corrected chi connectivity index (χ2v) is 5.78. The average molecular weight is 474 g/mol. The number of aromatic carboxylic acids is 1. The van der Waals surface area contributed by atoms with E-state index in [1.807, 2.05) is 0 Å². The van der Waals surface area contributed by atoms with Crippen molar-refractivity contribution < 1.29 is 114 Å². The normalized spacial score (nSPS) is 9.56. The first-order valence-electron chi connectivity index (χ1n) is 8.21. The fourth-order valence-corrected chi connectivity index (χ4v) is 2.11. The number of phenols is 1.